The number of carbonyl (C=O) groups excluding carboxylic acids is 1. The first-order chi connectivity index (χ1) is 8.99. The molecule has 0 N–H and O–H groups in total. The molecule has 0 aliphatic heterocycles. The Bertz CT molecular complexity index is 621. The lowest BCUT2D eigenvalue weighted by Crippen LogP contribution is -1.96. The molecule has 0 heterocycles. The average molecular weight is 325 g/mol. The van der Waals surface area contributed by atoms with Crippen LogP contribution in [0.25, 0.3) is 11.1 Å². The van der Waals surface area contributed by atoms with Crippen molar-refractivity contribution in [2.75, 3.05) is 0 Å². The van der Waals surface area contributed by atoms with Gasteiger partial charge in [-0.1, -0.05) is 24.3 Å². The van der Waals surface area contributed by atoms with Gasteiger partial charge in [-0.2, -0.15) is 0 Å². The van der Waals surface area contributed by atoms with E-state index >= 15 is 0 Å². The molecule has 0 atom stereocenters. The smallest absolute Gasteiger partial charge is 0.148 e. The van der Waals surface area contributed by atoms with Gasteiger partial charge >= 0.3 is 0 Å². The molecule has 0 bridgehead atoms. The van der Waals surface area contributed by atoms with Gasteiger partial charge in [0.2, 0.25) is 0 Å². The van der Waals surface area contributed by atoms with Crippen molar-refractivity contribution in [3.63, 3.8) is 0 Å². The van der Waals surface area contributed by atoms with Gasteiger partial charge in [0.1, 0.15) is 17.4 Å². The van der Waals surface area contributed by atoms with Gasteiger partial charge in [0.25, 0.3) is 0 Å². The maximum atomic E-state index is 13.9. The molecule has 98 valence electrons. The number of benzene rings is 2. The highest BCUT2D eigenvalue weighted by molar-refractivity contribution is 9.10. The molecule has 2 rings (SSSR count). The van der Waals surface area contributed by atoms with Crippen molar-refractivity contribution in [3.05, 3.63) is 58.1 Å². The van der Waals surface area contributed by atoms with Crippen LogP contribution in [0.15, 0.2) is 40.9 Å². The third-order valence-corrected chi connectivity index (χ3v) is 3.35. The molecule has 1 nitrogen and oxygen atoms in total. The van der Waals surface area contributed by atoms with Gasteiger partial charge in [-0.25, -0.2) is 8.78 Å². The fourth-order valence-corrected chi connectivity index (χ4v) is 2.20. The summed E-state index contributed by atoms with van der Waals surface area (Å²) in [6, 6.07) is 9.19. The van der Waals surface area contributed by atoms with Crippen molar-refractivity contribution in [3.8, 4) is 11.1 Å². The third kappa shape index (κ3) is 3.07. The highest BCUT2D eigenvalue weighted by Crippen LogP contribution is 2.30. The molecular weight excluding hydrogens is 314 g/mol. The molecule has 0 aromatic heterocycles. The molecule has 0 unspecified atom stereocenters. The third-order valence-electron chi connectivity index (χ3n) is 2.74. The predicted octanol–water partition coefficient (Wildman–Crippen LogP) is 4.53. The molecule has 4 heteroatoms. The van der Waals surface area contributed by atoms with Crippen LogP contribution in [0.3, 0.4) is 0 Å². The van der Waals surface area contributed by atoms with Gasteiger partial charge in [-0.15, -0.1) is 0 Å². The first-order valence-corrected chi connectivity index (χ1v) is 6.50. The van der Waals surface area contributed by atoms with Crippen LogP contribution in [0.2, 0.25) is 0 Å². The van der Waals surface area contributed by atoms with Crippen LogP contribution >= 0.6 is 15.9 Å². The number of halogens is 3. The first kappa shape index (κ1) is 13.9. The molecule has 2 aromatic rings. The summed E-state index contributed by atoms with van der Waals surface area (Å²) in [6.45, 7) is 1.50. The van der Waals surface area contributed by atoms with Gasteiger partial charge in [0.15, 0.2) is 0 Å². The molecule has 0 fully saturated rings. The number of hydrogen-bond donors (Lipinski definition) is 0. The second kappa shape index (κ2) is 5.61. The Morgan fingerprint density at radius 3 is 2.32 bits per heavy atom. The monoisotopic (exact) mass is 324 g/mol. The minimum Gasteiger partial charge on any atom is -0.300 e. The Morgan fingerprint density at radius 2 is 1.74 bits per heavy atom. The lowest BCUT2D eigenvalue weighted by atomic mass is 10.0. The molecule has 0 radical (unpaired) electrons. The highest BCUT2D eigenvalue weighted by Gasteiger charge is 2.14. The molecule has 2 aromatic carbocycles. The predicted molar refractivity (Wildman–Crippen MR) is 73.9 cm³/mol. The van der Waals surface area contributed by atoms with Crippen LogP contribution in [0.1, 0.15) is 12.5 Å². The highest BCUT2D eigenvalue weighted by atomic mass is 79.9. The molecule has 0 aliphatic carbocycles. The van der Waals surface area contributed by atoms with E-state index in [1.54, 1.807) is 24.3 Å². The molecule has 0 amide bonds. The number of hydrogen-bond acceptors (Lipinski definition) is 1. The van der Waals surface area contributed by atoms with Crippen LogP contribution in [0.5, 0.6) is 0 Å². The van der Waals surface area contributed by atoms with Gasteiger partial charge in [0.05, 0.1) is 10.0 Å². The number of carbonyl (C=O) groups is 1. The largest absolute Gasteiger partial charge is 0.300 e. The van der Waals surface area contributed by atoms with Crippen molar-refractivity contribution in [1.29, 1.82) is 0 Å². The molecule has 0 saturated heterocycles. The average Bonchev–Trinajstić information content (AvgIpc) is 2.36. The quantitative estimate of drug-likeness (QED) is 0.758. The maximum Gasteiger partial charge on any atom is 0.148 e. The van der Waals surface area contributed by atoms with E-state index in [4.69, 9.17) is 0 Å². The van der Waals surface area contributed by atoms with E-state index in [-0.39, 0.29) is 15.8 Å². The summed E-state index contributed by atoms with van der Waals surface area (Å²) < 4.78 is 27.8. The van der Waals surface area contributed by atoms with E-state index in [0.29, 0.717) is 12.0 Å². The number of Topliss-reactive ketones (excluding diaryl/α,β-unsaturated/α-hetero) is 1. The summed E-state index contributed by atoms with van der Waals surface area (Å²) in [5.41, 5.74) is 1.21. The zero-order valence-corrected chi connectivity index (χ0v) is 11.8. The Kier molecular flexibility index (Phi) is 4.10. The van der Waals surface area contributed by atoms with Gasteiger partial charge in [-0.05, 0) is 46.1 Å². The van der Waals surface area contributed by atoms with E-state index < -0.39 is 11.6 Å². The van der Waals surface area contributed by atoms with Crippen LogP contribution in [-0.4, -0.2) is 5.78 Å². The Labute approximate surface area is 118 Å². The summed E-state index contributed by atoms with van der Waals surface area (Å²) >= 11 is 3.04. The Hall–Kier alpha value is -1.55. The van der Waals surface area contributed by atoms with E-state index in [1.807, 2.05) is 0 Å². The van der Waals surface area contributed by atoms with Crippen LogP contribution in [0, 0.1) is 11.6 Å². The topological polar surface area (TPSA) is 17.1 Å². The lowest BCUT2D eigenvalue weighted by Gasteiger charge is -2.07. The molecule has 0 aliphatic rings. The van der Waals surface area contributed by atoms with Crippen molar-refractivity contribution in [1.82, 2.24) is 0 Å². The van der Waals surface area contributed by atoms with Crippen molar-refractivity contribution in [2.24, 2.45) is 0 Å². The fraction of sp³-hybridized carbons (Fsp3) is 0.133. The maximum absolute atomic E-state index is 13.9. The summed E-state index contributed by atoms with van der Waals surface area (Å²) in [5.74, 6) is -1.19. The van der Waals surface area contributed by atoms with E-state index in [0.717, 1.165) is 5.56 Å². The Balaban J connectivity index is 2.43. The standard InChI is InChI=1S/C15H11BrF2O/c1-9(19)8-10-2-4-11(5-3-10)14-13(17)7-6-12(16)15(14)18/h2-7H,8H2,1H3. The summed E-state index contributed by atoms with van der Waals surface area (Å²) in [6.07, 6.45) is 0.323. The minimum atomic E-state index is -0.626. The van der Waals surface area contributed by atoms with E-state index in [2.05, 4.69) is 15.9 Å². The zero-order chi connectivity index (χ0) is 14.0. The van der Waals surface area contributed by atoms with Crippen LogP contribution in [-0.2, 0) is 11.2 Å². The van der Waals surface area contributed by atoms with Crippen LogP contribution in [0.4, 0.5) is 8.78 Å². The summed E-state index contributed by atoms with van der Waals surface area (Å²) in [5, 5.41) is 0. The molecule has 19 heavy (non-hydrogen) atoms. The normalized spacial score (nSPS) is 10.5. The SMILES string of the molecule is CC(=O)Cc1ccc(-c2c(F)ccc(Br)c2F)cc1. The number of ketones is 1. The first-order valence-electron chi connectivity index (χ1n) is 5.71. The molecule has 0 saturated carbocycles. The van der Waals surface area contributed by atoms with Crippen molar-refractivity contribution in [2.45, 2.75) is 13.3 Å². The van der Waals surface area contributed by atoms with Gasteiger partial charge in [0, 0.05) is 6.42 Å². The van der Waals surface area contributed by atoms with Crippen LogP contribution < -0.4 is 0 Å². The fourth-order valence-electron chi connectivity index (χ4n) is 1.87. The summed E-state index contributed by atoms with van der Waals surface area (Å²) in [7, 11) is 0. The second-order valence-corrected chi connectivity index (χ2v) is 5.15. The minimum absolute atomic E-state index is 0.0487. The Morgan fingerprint density at radius 1 is 1.11 bits per heavy atom. The van der Waals surface area contributed by atoms with Gasteiger partial charge < -0.3 is 0 Å². The molecule has 0 spiro atoms. The number of rotatable bonds is 3. The van der Waals surface area contributed by atoms with Crippen molar-refractivity contribution < 1.29 is 13.6 Å². The second-order valence-electron chi connectivity index (χ2n) is 4.29. The van der Waals surface area contributed by atoms with E-state index in [1.165, 1.54) is 19.1 Å². The lowest BCUT2D eigenvalue weighted by molar-refractivity contribution is -0.116. The summed E-state index contributed by atoms with van der Waals surface area (Å²) in [4.78, 5) is 11.0. The zero-order valence-electron chi connectivity index (χ0n) is 10.2. The molecular formula is C15H11BrF2O. The van der Waals surface area contributed by atoms with E-state index in [9.17, 15) is 13.6 Å². The van der Waals surface area contributed by atoms with Crippen molar-refractivity contribution >= 4 is 21.7 Å². The van der Waals surface area contributed by atoms with Gasteiger partial charge in [-0.3, -0.25) is 4.79 Å².